The molecule has 5 heteroatoms. The highest BCUT2D eigenvalue weighted by Crippen LogP contribution is 2.19. The van der Waals surface area contributed by atoms with Gasteiger partial charge in [-0.25, -0.2) is 0 Å². The van der Waals surface area contributed by atoms with Crippen molar-refractivity contribution in [1.29, 1.82) is 0 Å². The van der Waals surface area contributed by atoms with E-state index in [2.05, 4.69) is 5.32 Å². The van der Waals surface area contributed by atoms with Crippen molar-refractivity contribution in [2.75, 3.05) is 6.54 Å². The van der Waals surface area contributed by atoms with E-state index in [1.165, 1.54) is 6.08 Å². The van der Waals surface area contributed by atoms with Crippen LogP contribution in [0.15, 0.2) is 24.3 Å². The molecule has 0 spiro atoms. The number of carbonyl (C=O) groups excluding carboxylic acids is 1. The Morgan fingerprint density at radius 2 is 1.95 bits per heavy atom. The van der Waals surface area contributed by atoms with Crippen molar-refractivity contribution in [2.45, 2.75) is 32.3 Å². The monoisotopic (exact) mass is 315 g/mol. The summed E-state index contributed by atoms with van der Waals surface area (Å²) in [5.41, 5.74) is -0.129. The van der Waals surface area contributed by atoms with Crippen molar-refractivity contribution in [1.82, 2.24) is 5.32 Å². The molecule has 110 valence electrons. The summed E-state index contributed by atoms with van der Waals surface area (Å²) in [6.45, 7) is 3.91. The zero-order valence-corrected chi connectivity index (χ0v) is 13.1. The summed E-state index contributed by atoms with van der Waals surface area (Å²) in [6.07, 6.45) is 4.52. The molecule has 0 fully saturated rings. The van der Waals surface area contributed by atoms with Crippen LogP contribution in [0.1, 0.15) is 32.3 Å². The van der Waals surface area contributed by atoms with E-state index < -0.39 is 5.60 Å². The molecule has 1 aromatic rings. The summed E-state index contributed by atoms with van der Waals surface area (Å²) < 4.78 is 0. The van der Waals surface area contributed by atoms with Crippen LogP contribution in [0.25, 0.3) is 6.08 Å². The average Bonchev–Trinajstić information content (AvgIpc) is 2.33. The quantitative estimate of drug-likeness (QED) is 0.787. The summed E-state index contributed by atoms with van der Waals surface area (Å²) >= 11 is 11.7. The SMILES string of the molecule is CCCC(C)(O)CNC(=O)/C=C/c1cc(Cl)cc(Cl)c1. The summed E-state index contributed by atoms with van der Waals surface area (Å²) in [7, 11) is 0. The lowest BCUT2D eigenvalue weighted by molar-refractivity contribution is -0.117. The Labute approximate surface area is 129 Å². The first kappa shape index (κ1) is 17.0. The van der Waals surface area contributed by atoms with Crippen molar-refractivity contribution in [3.63, 3.8) is 0 Å². The molecule has 0 aromatic heterocycles. The van der Waals surface area contributed by atoms with Gasteiger partial charge in [-0.05, 0) is 43.2 Å². The minimum Gasteiger partial charge on any atom is -0.388 e. The van der Waals surface area contributed by atoms with Gasteiger partial charge in [0.05, 0.1) is 5.60 Å². The van der Waals surface area contributed by atoms with Crippen LogP contribution in [0, 0.1) is 0 Å². The molecule has 1 atom stereocenters. The highest BCUT2D eigenvalue weighted by atomic mass is 35.5. The number of carbonyl (C=O) groups is 1. The van der Waals surface area contributed by atoms with Gasteiger partial charge < -0.3 is 10.4 Å². The minimum absolute atomic E-state index is 0.223. The highest BCUT2D eigenvalue weighted by Gasteiger charge is 2.19. The second-order valence-corrected chi connectivity index (χ2v) is 5.87. The van der Waals surface area contributed by atoms with Gasteiger partial charge in [-0.1, -0.05) is 36.5 Å². The number of hydrogen-bond donors (Lipinski definition) is 2. The van der Waals surface area contributed by atoms with Crippen LogP contribution in [-0.2, 0) is 4.79 Å². The predicted octanol–water partition coefficient (Wildman–Crippen LogP) is 3.67. The van der Waals surface area contributed by atoms with Crippen molar-refractivity contribution in [2.24, 2.45) is 0 Å². The molecule has 0 bridgehead atoms. The lowest BCUT2D eigenvalue weighted by atomic mass is 10.0. The number of hydrogen-bond acceptors (Lipinski definition) is 2. The molecular formula is C15H19Cl2NO2. The number of amides is 1. The molecule has 1 rings (SSSR count). The summed E-state index contributed by atoms with van der Waals surface area (Å²) in [6, 6.07) is 5.05. The third-order valence-electron chi connectivity index (χ3n) is 2.74. The van der Waals surface area contributed by atoms with E-state index in [1.54, 1.807) is 31.2 Å². The van der Waals surface area contributed by atoms with Gasteiger partial charge in [-0.3, -0.25) is 4.79 Å². The van der Waals surface area contributed by atoms with Gasteiger partial charge in [0.15, 0.2) is 0 Å². The fourth-order valence-corrected chi connectivity index (χ4v) is 2.35. The average molecular weight is 316 g/mol. The molecule has 0 saturated carbocycles. The lowest BCUT2D eigenvalue weighted by Crippen LogP contribution is -2.39. The van der Waals surface area contributed by atoms with Gasteiger partial charge in [0.1, 0.15) is 0 Å². The molecule has 0 aliphatic rings. The first-order valence-corrected chi connectivity index (χ1v) is 7.22. The number of rotatable bonds is 6. The normalized spacial score (nSPS) is 14.2. The molecule has 1 aromatic carbocycles. The second-order valence-electron chi connectivity index (χ2n) is 5.00. The molecule has 0 aliphatic heterocycles. The lowest BCUT2D eigenvalue weighted by Gasteiger charge is -2.22. The largest absolute Gasteiger partial charge is 0.388 e. The Balaban J connectivity index is 2.55. The molecule has 1 unspecified atom stereocenters. The van der Waals surface area contributed by atoms with Gasteiger partial charge in [0, 0.05) is 22.7 Å². The smallest absolute Gasteiger partial charge is 0.244 e. The molecule has 2 N–H and O–H groups in total. The maximum absolute atomic E-state index is 11.7. The Morgan fingerprint density at radius 3 is 2.50 bits per heavy atom. The van der Waals surface area contributed by atoms with Crippen LogP contribution in [-0.4, -0.2) is 23.2 Å². The van der Waals surface area contributed by atoms with E-state index in [1.807, 2.05) is 6.92 Å². The van der Waals surface area contributed by atoms with Crippen molar-refractivity contribution < 1.29 is 9.90 Å². The third kappa shape index (κ3) is 6.42. The summed E-state index contributed by atoms with van der Waals surface area (Å²) in [5, 5.41) is 13.6. The van der Waals surface area contributed by atoms with Crippen LogP contribution in [0.5, 0.6) is 0 Å². The zero-order chi connectivity index (χ0) is 15.2. The van der Waals surface area contributed by atoms with E-state index in [9.17, 15) is 9.90 Å². The Bertz CT molecular complexity index is 478. The molecule has 0 saturated heterocycles. The van der Waals surface area contributed by atoms with Gasteiger partial charge in [0.25, 0.3) is 0 Å². The van der Waals surface area contributed by atoms with Gasteiger partial charge >= 0.3 is 0 Å². The standard InChI is InChI=1S/C15H19Cl2NO2/c1-3-6-15(2,20)10-18-14(19)5-4-11-7-12(16)9-13(17)8-11/h4-5,7-9,20H,3,6,10H2,1-2H3,(H,18,19)/b5-4+. The Morgan fingerprint density at radius 1 is 1.35 bits per heavy atom. The maximum atomic E-state index is 11.7. The molecule has 0 aliphatic carbocycles. The molecule has 3 nitrogen and oxygen atoms in total. The first-order valence-electron chi connectivity index (χ1n) is 6.47. The third-order valence-corrected chi connectivity index (χ3v) is 3.18. The number of halogens is 2. The van der Waals surface area contributed by atoms with Crippen LogP contribution < -0.4 is 5.32 Å². The van der Waals surface area contributed by atoms with Crippen molar-refractivity contribution >= 4 is 35.2 Å². The van der Waals surface area contributed by atoms with Crippen LogP contribution in [0.2, 0.25) is 10.0 Å². The van der Waals surface area contributed by atoms with Crippen molar-refractivity contribution in [3.05, 3.63) is 39.9 Å². The zero-order valence-electron chi connectivity index (χ0n) is 11.6. The topological polar surface area (TPSA) is 49.3 Å². The molecule has 20 heavy (non-hydrogen) atoms. The maximum Gasteiger partial charge on any atom is 0.244 e. The molecule has 0 radical (unpaired) electrons. The highest BCUT2D eigenvalue weighted by molar-refractivity contribution is 6.34. The van der Waals surface area contributed by atoms with Gasteiger partial charge in [-0.15, -0.1) is 0 Å². The molecule has 1 amide bonds. The van der Waals surface area contributed by atoms with E-state index >= 15 is 0 Å². The van der Waals surface area contributed by atoms with E-state index in [0.717, 1.165) is 12.0 Å². The fraction of sp³-hybridized carbons (Fsp3) is 0.400. The number of aliphatic hydroxyl groups is 1. The van der Waals surface area contributed by atoms with Crippen LogP contribution in [0.4, 0.5) is 0 Å². The fourth-order valence-electron chi connectivity index (χ4n) is 1.81. The second kappa shape index (κ2) is 7.67. The summed E-state index contributed by atoms with van der Waals surface area (Å²) in [5.74, 6) is -0.266. The molecular weight excluding hydrogens is 297 g/mol. The van der Waals surface area contributed by atoms with E-state index in [0.29, 0.717) is 16.5 Å². The van der Waals surface area contributed by atoms with Crippen LogP contribution >= 0.6 is 23.2 Å². The number of benzene rings is 1. The van der Waals surface area contributed by atoms with Gasteiger partial charge in [-0.2, -0.15) is 0 Å². The van der Waals surface area contributed by atoms with Gasteiger partial charge in [0.2, 0.25) is 5.91 Å². The van der Waals surface area contributed by atoms with E-state index in [4.69, 9.17) is 23.2 Å². The van der Waals surface area contributed by atoms with E-state index in [-0.39, 0.29) is 12.5 Å². The predicted molar refractivity (Wildman–Crippen MR) is 84.0 cm³/mol. The Kier molecular flexibility index (Phi) is 6.53. The Hall–Kier alpha value is -1.03. The summed E-state index contributed by atoms with van der Waals surface area (Å²) in [4.78, 5) is 11.7. The van der Waals surface area contributed by atoms with Crippen LogP contribution in [0.3, 0.4) is 0 Å². The van der Waals surface area contributed by atoms with Crippen molar-refractivity contribution in [3.8, 4) is 0 Å². The molecule has 0 heterocycles. The first-order chi connectivity index (χ1) is 9.32. The minimum atomic E-state index is -0.877. The number of nitrogens with one attached hydrogen (secondary N) is 1.